The van der Waals surface area contributed by atoms with Crippen LogP contribution >= 0.6 is 0 Å². The molecule has 0 fully saturated rings. The summed E-state index contributed by atoms with van der Waals surface area (Å²) in [5.74, 6) is 0.0294. The molecule has 2 aromatic heterocycles. The quantitative estimate of drug-likeness (QED) is 0.681. The molecular weight excluding hydrogens is 280 g/mol. The summed E-state index contributed by atoms with van der Waals surface area (Å²) in [7, 11) is 0. The Morgan fingerprint density at radius 1 is 1.36 bits per heavy atom. The van der Waals surface area contributed by atoms with E-state index in [1.54, 1.807) is 10.9 Å². The molecule has 7 nitrogen and oxygen atoms in total. The molecule has 22 heavy (non-hydrogen) atoms. The minimum absolute atomic E-state index is 0.197. The molecular formula is C15H16N6O. The molecule has 3 rings (SSSR count). The zero-order chi connectivity index (χ0) is 15.5. The summed E-state index contributed by atoms with van der Waals surface area (Å²) in [4.78, 5) is 12.2. The van der Waals surface area contributed by atoms with Crippen LogP contribution in [0, 0.1) is 0 Å². The first-order valence-corrected chi connectivity index (χ1v) is 6.86. The molecule has 0 aliphatic rings. The normalized spacial score (nSPS) is 12.0. The maximum absolute atomic E-state index is 12.2. The van der Waals surface area contributed by atoms with Gasteiger partial charge in [0, 0.05) is 18.5 Å². The second-order valence-corrected chi connectivity index (χ2v) is 4.91. The number of aromatic amines is 1. The van der Waals surface area contributed by atoms with E-state index >= 15 is 0 Å². The van der Waals surface area contributed by atoms with E-state index in [0.29, 0.717) is 5.69 Å². The second-order valence-electron chi connectivity index (χ2n) is 4.91. The highest BCUT2D eigenvalue weighted by Gasteiger charge is 2.16. The smallest absolute Gasteiger partial charge is 0.269 e. The van der Waals surface area contributed by atoms with Crippen LogP contribution < -0.4 is 11.1 Å². The Morgan fingerprint density at radius 3 is 2.86 bits per heavy atom. The lowest BCUT2D eigenvalue weighted by Crippen LogP contribution is -2.27. The highest BCUT2D eigenvalue weighted by molar-refractivity contribution is 5.93. The predicted molar refractivity (Wildman–Crippen MR) is 82.4 cm³/mol. The monoisotopic (exact) mass is 296 g/mol. The Bertz CT molecular complexity index is 777. The molecule has 0 radical (unpaired) electrons. The van der Waals surface area contributed by atoms with Gasteiger partial charge in [0.05, 0.1) is 11.7 Å². The Hall–Kier alpha value is -3.09. The van der Waals surface area contributed by atoms with E-state index in [9.17, 15) is 4.79 Å². The van der Waals surface area contributed by atoms with E-state index in [0.717, 1.165) is 11.3 Å². The van der Waals surface area contributed by atoms with Gasteiger partial charge in [-0.2, -0.15) is 10.2 Å². The lowest BCUT2D eigenvalue weighted by Gasteiger charge is -2.17. The molecule has 1 atom stereocenters. The van der Waals surface area contributed by atoms with Crippen molar-refractivity contribution in [1.82, 2.24) is 25.3 Å². The van der Waals surface area contributed by atoms with Crippen molar-refractivity contribution < 1.29 is 4.79 Å². The Morgan fingerprint density at radius 2 is 2.18 bits per heavy atom. The average molecular weight is 296 g/mol. The Labute approximate surface area is 127 Å². The van der Waals surface area contributed by atoms with Gasteiger partial charge in [-0.05, 0) is 24.6 Å². The largest absolute Gasteiger partial charge is 0.382 e. The van der Waals surface area contributed by atoms with Crippen LogP contribution in [0.5, 0.6) is 0 Å². The van der Waals surface area contributed by atoms with E-state index < -0.39 is 0 Å². The van der Waals surface area contributed by atoms with Crippen molar-refractivity contribution in [3.8, 4) is 5.69 Å². The van der Waals surface area contributed by atoms with Crippen LogP contribution in [0.1, 0.15) is 29.0 Å². The lowest BCUT2D eigenvalue weighted by molar-refractivity contribution is 0.0935. The van der Waals surface area contributed by atoms with Gasteiger partial charge in [-0.1, -0.05) is 18.2 Å². The first kappa shape index (κ1) is 13.9. The number of nitrogens with zero attached hydrogens (tertiary/aromatic N) is 3. The molecule has 0 bridgehead atoms. The average Bonchev–Trinajstić information content (AvgIpc) is 3.18. The maximum atomic E-state index is 12.2. The van der Waals surface area contributed by atoms with Crippen LogP contribution in [-0.2, 0) is 0 Å². The zero-order valence-corrected chi connectivity index (χ0v) is 12.0. The molecule has 4 N–H and O–H groups in total. The maximum Gasteiger partial charge on any atom is 0.269 e. The van der Waals surface area contributed by atoms with Gasteiger partial charge in [-0.3, -0.25) is 9.89 Å². The molecule has 2 heterocycles. The van der Waals surface area contributed by atoms with E-state index in [1.165, 1.54) is 6.07 Å². The van der Waals surface area contributed by atoms with Crippen LogP contribution in [0.2, 0.25) is 0 Å². The van der Waals surface area contributed by atoms with Crippen molar-refractivity contribution in [2.75, 3.05) is 5.73 Å². The first-order chi connectivity index (χ1) is 10.6. The molecule has 0 aliphatic carbocycles. The van der Waals surface area contributed by atoms with Crippen molar-refractivity contribution in [3.63, 3.8) is 0 Å². The number of H-pyrrole nitrogens is 1. The van der Waals surface area contributed by atoms with Crippen LogP contribution in [0.4, 0.5) is 5.82 Å². The summed E-state index contributed by atoms with van der Waals surface area (Å²) in [5.41, 5.74) is 7.73. The predicted octanol–water partition coefficient (Wildman–Crippen LogP) is 1.67. The standard InChI is InChI=1S/C15H16N6O/c1-10(18-15(22)12-9-14(16)20-19-12)11-5-2-3-6-13(11)21-8-4-7-17-21/h2-10H,1H3,(H,18,22)(H3,16,19,20). The first-order valence-electron chi connectivity index (χ1n) is 6.86. The number of nitrogens with one attached hydrogen (secondary N) is 2. The summed E-state index contributed by atoms with van der Waals surface area (Å²) in [5, 5.41) is 13.5. The molecule has 0 spiro atoms. The summed E-state index contributed by atoms with van der Waals surface area (Å²) in [6.45, 7) is 1.92. The number of nitrogen functional groups attached to an aromatic ring is 1. The molecule has 0 saturated heterocycles. The minimum Gasteiger partial charge on any atom is -0.382 e. The summed E-state index contributed by atoms with van der Waals surface area (Å²) in [6.07, 6.45) is 3.58. The number of benzene rings is 1. The van der Waals surface area contributed by atoms with Crippen LogP contribution in [0.25, 0.3) is 5.69 Å². The third kappa shape index (κ3) is 2.69. The van der Waals surface area contributed by atoms with Crippen molar-refractivity contribution in [2.45, 2.75) is 13.0 Å². The zero-order valence-electron chi connectivity index (χ0n) is 12.0. The van der Waals surface area contributed by atoms with E-state index in [1.807, 2.05) is 43.5 Å². The third-order valence-electron chi connectivity index (χ3n) is 3.34. The number of anilines is 1. The van der Waals surface area contributed by atoms with Gasteiger partial charge in [-0.25, -0.2) is 4.68 Å². The van der Waals surface area contributed by atoms with Crippen molar-refractivity contribution in [2.24, 2.45) is 0 Å². The Balaban J connectivity index is 1.84. The number of para-hydroxylation sites is 1. The summed E-state index contributed by atoms with van der Waals surface area (Å²) < 4.78 is 1.77. The number of amides is 1. The molecule has 112 valence electrons. The third-order valence-corrected chi connectivity index (χ3v) is 3.34. The van der Waals surface area contributed by atoms with Gasteiger partial charge in [0.1, 0.15) is 11.5 Å². The van der Waals surface area contributed by atoms with Gasteiger partial charge in [0.25, 0.3) is 5.91 Å². The number of rotatable bonds is 4. The fourth-order valence-corrected chi connectivity index (χ4v) is 2.28. The van der Waals surface area contributed by atoms with Crippen molar-refractivity contribution in [3.05, 3.63) is 60.0 Å². The van der Waals surface area contributed by atoms with E-state index in [2.05, 4.69) is 20.6 Å². The number of hydrogen-bond acceptors (Lipinski definition) is 4. The second kappa shape index (κ2) is 5.72. The summed E-state index contributed by atoms with van der Waals surface area (Å²) >= 11 is 0. The van der Waals surface area contributed by atoms with Crippen molar-refractivity contribution in [1.29, 1.82) is 0 Å². The number of carbonyl (C=O) groups excluding carboxylic acids is 1. The van der Waals surface area contributed by atoms with Crippen LogP contribution in [0.15, 0.2) is 48.8 Å². The fraction of sp³-hybridized carbons (Fsp3) is 0.133. The molecule has 0 saturated carbocycles. The molecule has 1 aromatic carbocycles. The van der Waals surface area contributed by atoms with Gasteiger partial charge in [-0.15, -0.1) is 0 Å². The van der Waals surface area contributed by atoms with Gasteiger partial charge >= 0.3 is 0 Å². The number of carbonyl (C=O) groups is 1. The van der Waals surface area contributed by atoms with E-state index in [4.69, 9.17) is 5.73 Å². The van der Waals surface area contributed by atoms with Gasteiger partial charge in [0.2, 0.25) is 0 Å². The van der Waals surface area contributed by atoms with E-state index in [-0.39, 0.29) is 17.8 Å². The number of nitrogens with two attached hydrogens (primary N) is 1. The van der Waals surface area contributed by atoms with Gasteiger partial charge in [0.15, 0.2) is 0 Å². The highest BCUT2D eigenvalue weighted by atomic mass is 16.2. The number of aromatic nitrogens is 4. The SMILES string of the molecule is CC(NC(=O)c1cc(N)n[nH]1)c1ccccc1-n1cccn1. The highest BCUT2D eigenvalue weighted by Crippen LogP contribution is 2.21. The topological polar surface area (TPSA) is 102 Å². The van der Waals surface area contributed by atoms with Crippen LogP contribution in [0.3, 0.4) is 0 Å². The minimum atomic E-state index is -0.257. The molecule has 0 aliphatic heterocycles. The number of hydrogen-bond donors (Lipinski definition) is 3. The molecule has 1 amide bonds. The lowest BCUT2D eigenvalue weighted by atomic mass is 10.1. The molecule has 1 unspecified atom stereocenters. The summed E-state index contributed by atoms with van der Waals surface area (Å²) in [6, 6.07) is 10.9. The van der Waals surface area contributed by atoms with Gasteiger partial charge < -0.3 is 11.1 Å². The molecule has 3 aromatic rings. The Kier molecular flexibility index (Phi) is 3.61. The fourth-order valence-electron chi connectivity index (χ4n) is 2.28. The van der Waals surface area contributed by atoms with Crippen LogP contribution in [-0.4, -0.2) is 25.9 Å². The van der Waals surface area contributed by atoms with Crippen molar-refractivity contribution >= 4 is 11.7 Å². The molecule has 7 heteroatoms.